The number of benzene rings is 1. The second-order valence-electron chi connectivity index (χ2n) is 5.84. The Bertz CT molecular complexity index is 638. The Morgan fingerprint density at radius 1 is 1.35 bits per heavy atom. The van der Waals surface area contributed by atoms with E-state index in [1.165, 1.54) is 12.8 Å². The lowest BCUT2D eigenvalue weighted by molar-refractivity contribution is 0.292. The van der Waals surface area contributed by atoms with Crippen molar-refractivity contribution in [1.82, 2.24) is 15.3 Å². The molecule has 0 bridgehead atoms. The number of aryl methyl sites for hydroxylation is 1. The van der Waals surface area contributed by atoms with E-state index in [0.717, 1.165) is 36.6 Å². The first kappa shape index (κ1) is 15.6. The summed E-state index contributed by atoms with van der Waals surface area (Å²) in [4.78, 5) is 8.41. The summed E-state index contributed by atoms with van der Waals surface area (Å²) in [5, 5.41) is 6.61. The average Bonchev–Trinajstić information content (AvgIpc) is 3.06. The Labute approximate surface area is 136 Å². The smallest absolute Gasteiger partial charge is 0.229 e. The van der Waals surface area contributed by atoms with Gasteiger partial charge in [-0.15, -0.1) is 0 Å². The van der Waals surface area contributed by atoms with E-state index in [0.29, 0.717) is 17.8 Å². The number of rotatable bonds is 6. The summed E-state index contributed by atoms with van der Waals surface area (Å²) in [7, 11) is 0. The lowest BCUT2D eigenvalue weighted by Crippen LogP contribution is -2.23. The van der Waals surface area contributed by atoms with Crippen molar-refractivity contribution in [3.05, 3.63) is 36.0 Å². The van der Waals surface area contributed by atoms with Crippen LogP contribution in [0.4, 0.5) is 17.5 Å². The number of hydrogen-bond donors (Lipinski definition) is 3. The first-order valence-electron chi connectivity index (χ1n) is 8.03. The van der Waals surface area contributed by atoms with Crippen LogP contribution in [-0.4, -0.2) is 29.2 Å². The van der Waals surface area contributed by atoms with Crippen LogP contribution in [0.1, 0.15) is 24.8 Å². The van der Waals surface area contributed by atoms with Crippen LogP contribution in [0.2, 0.25) is 0 Å². The van der Waals surface area contributed by atoms with E-state index in [2.05, 4.69) is 20.6 Å². The monoisotopic (exact) mass is 313 g/mol. The zero-order valence-corrected chi connectivity index (χ0v) is 13.4. The summed E-state index contributed by atoms with van der Waals surface area (Å²) >= 11 is 0. The van der Waals surface area contributed by atoms with Crippen molar-refractivity contribution in [1.29, 1.82) is 0 Å². The predicted molar refractivity (Wildman–Crippen MR) is 92.0 cm³/mol. The fourth-order valence-corrected chi connectivity index (χ4v) is 2.60. The summed E-state index contributed by atoms with van der Waals surface area (Å²) in [6, 6.07) is 8.40. The molecule has 0 spiro atoms. The van der Waals surface area contributed by atoms with E-state index in [1.54, 1.807) is 6.20 Å². The van der Waals surface area contributed by atoms with E-state index in [1.807, 2.05) is 31.2 Å². The topological polar surface area (TPSA) is 85.1 Å². The van der Waals surface area contributed by atoms with Gasteiger partial charge in [0.05, 0.1) is 6.61 Å². The SMILES string of the molecule is Cc1cnc(Nc2ccc(OCCC3CCCN3)cc2)nc1N. The molecule has 0 saturated carbocycles. The highest BCUT2D eigenvalue weighted by atomic mass is 16.5. The highest BCUT2D eigenvalue weighted by molar-refractivity contribution is 5.56. The van der Waals surface area contributed by atoms with Crippen LogP contribution in [0.5, 0.6) is 5.75 Å². The molecule has 1 unspecified atom stereocenters. The summed E-state index contributed by atoms with van der Waals surface area (Å²) in [6.07, 6.45) is 5.29. The number of hydrogen-bond acceptors (Lipinski definition) is 6. The molecule has 1 aliphatic heterocycles. The lowest BCUT2D eigenvalue weighted by Gasteiger charge is -2.12. The van der Waals surface area contributed by atoms with Crippen LogP contribution in [0, 0.1) is 6.92 Å². The fourth-order valence-electron chi connectivity index (χ4n) is 2.60. The van der Waals surface area contributed by atoms with Gasteiger partial charge in [-0.25, -0.2) is 4.98 Å². The maximum atomic E-state index is 5.79. The minimum atomic E-state index is 0.489. The molecule has 1 aromatic carbocycles. The summed E-state index contributed by atoms with van der Waals surface area (Å²) in [5.74, 6) is 1.86. The zero-order valence-electron chi connectivity index (χ0n) is 13.4. The number of nitrogens with zero attached hydrogens (tertiary/aromatic N) is 2. The van der Waals surface area contributed by atoms with Gasteiger partial charge in [0, 0.05) is 23.5 Å². The molecule has 1 aliphatic rings. The van der Waals surface area contributed by atoms with Crippen molar-refractivity contribution in [2.45, 2.75) is 32.2 Å². The Morgan fingerprint density at radius 2 is 2.17 bits per heavy atom. The van der Waals surface area contributed by atoms with E-state index >= 15 is 0 Å². The summed E-state index contributed by atoms with van der Waals surface area (Å²) in [6.45, 7) is 3.75. The molecular formula is C17H23N5O. The molecule has 3 rings (SSSR count). The van der Waals surface area contributed by atoms with Gasteiger partial charge in [0.15, 0.2) is 0 Å². The highest BCUT2D eigenvalue weighted by Crippen LogP contribution is 2.19. The molecule has 122 valence electrons. The molecule has 1 fully saturated rings. The van der Waals surface area contributed by atoms with Gasteiger partial charge in [-0.2, -0.15) is 4.98 Å². The maximum absolute atomic E-state index is 5.79. The molecule has 1 aromatic heterocycles. The third-order valence-corrected chi connectivity index (χ3v) is 4.02. The Hall–Kier alpha value is -2.34. The molecule has 6 heteroatoms. The molecule has 1 saturated heterocycles. The summed E-state index contributed by atoms with van der Waals surface area (Å²) < 4.78 is 5.79. The Kier molecular flexibility index (Phi) is 4.92. The van der Waals surface area contributed by atoms with Crippen molar-refractivity contribution in [2.24, 2.45) is 0 Å². The van der Waals surface area contributed by atoms with Gasteiger partial charge in [0.2, 0.25) is 5.95 Å². The second-order valence-corrected chi connectivity index (χ2v) is 5.84. The molecule has 0 radical (unpaired) electrons. The number of nitrogen functional groups attached to an aromatic ring is 1. The fraction of sp³-hybridized carbons (Fsp3) is 0.412. The van der Waals surface area contributed by atoms with Gasteiger partial charge in [0.25, 0.3) is 0 Å². The van der Waals surface area contributed by atoms with Gasteiger partial charge >= 0.3 is 0 Å². The van der Waals surface area contributed by atoms with Crippen molar-refractivity contribution in [3.63, 3.8) is 0 Å². The molecule has 6 nitrogen and oxygen atoms in total. The van der Waals surface area contributed by atoms with Gasteiger partial charge < -0.3 is 21.1 Å². The standard InChI is InChI=1S/C17H23N5O/c1-12-11-20-17(22-16(12)18)21-14-4-6-15(7-5-14)23-10-8-13-3-2-9-19-13/h4-7,11,13,19H,2-3,8-10H2,1H3,(H3,18,20,21,22). The normalized spacial score (nSPS) is 17.2. The molecule has 23 heavy (non-hydrogen) atoms. The number of anilines is 3. The quantitative estimate of drug-likeness (QED) is 0.760. The van der Waals surface area contributed by atoms with Crippen LogP contribution < -0.4 is 21.1 Å². The molecule has 4 N–H and O–H groups in total. The van der Waals surface area contributed by atoms with Gasteiger partial charge in [-0.05, 0) is 57.0 Å². The van der Waals surface area contributed by atoms with Crippen LogP contribution >= 0.6 is 0 Å². The molecule has 2 aromatic rings. The number of nitrogens with two attached hydrogens (primary N) is 1. The molecular weight excluding hydrogens is 290 g/mol. The first-order valence-corrected chi connectivity index (χ1v) is 8.03. The van der Waals surface area contributed by atoms with Crippen LogP contribution in [0.3, 0.4) is 0 Å². The van der Waals surface area contributed by atoms with Gasteiger partial charge in [0.1, 0.15) is 11.6 Å². The number of ether oxygens (including phenoxy) is 1. The molecule has 0 aliphatic carbocycles. The summed E-state index contributed by atoms with van der Waals surface area (Å²) in [5.41, 5.74) is 7.56. The lowest BCUT2D eigenvalue weighted by atomic mass is 10.2. The van der Waals surface area contributed by atoms with Gasteiger partial charge in [-0.3, -0.25) is 0 Å². The largest absolute Gasteiger partial charge is 0.494 e. The second kappa shape index (κ2) is 7.28. The number of aromatic nitrogens is 2. The molecule has 2 heterocycles. The molecule has 0 amide bonds. The average molecular weight is 313 g/mol. The van der Waals surface area contributed by atoms with Crippen molar-refractivity contribution >= 4 is 17.5 Å². The first-order chi connectivity index (χ1) is 11.2. The Morgan fingerprint density at radius 3 is 2.87 bits per heavy atom. The van der Waals surface area contributed by atoms with Crippen LogP contribution in [0.15, 0.2) is 30.5 Å². The third-order valence-electron chi connectivity index (χ3n) is 4.02. The highest BCUT2D eigenvalue weighted by Gasteiger charge is 2.13. The Balaban J connectivity index is 1.50. The van der Waals surface area contributed by atoms with Crippen molar-refractivity contribution < 1.29 is 4.74 Å². The predicted octanol–water partition coefficient (Wildman–Crippen LogP) is 2.63. The maximum Gasteiger partial charge on any atom is 0.229 e. The molecule has 1 atom stereocenters. The van der Waals surface area contributed by atoms with E-state index in [4.69, 9.17) is 10.5 Å². The third kappa shape index (κ3) is 4.32. The van der Waals surface area contributed by atoms with E-state index < -0.39 is 0 Å². The van der Waals surface area contributed by atoms with Gasteiger partial charge in [-0.1, -0.05) is 0 Å². The van der Waals surface area contributed by atoms with Crippen LogP contribution in [-0.2, 0) is 0 Å². The van der Waals surface area contributed by atoms with Crippen LogP contribution in [0.25, 0.3) is 0 Å². The minimum absolute atomic E-state index is 0.489. The zero-order chi connectivity index (χ0) is 16.1. The van der Waals surface area contributed by atoms with Crippen molar-refractivity contribution in [3.8, 4) is 5.75 Å². The van der Waals surface area contributed by atoms with E-state index in [9.17, 15) is 0 Å². The van der Waals surface area contributed by atoms with E-state index in [-0.39, 0.29) is 0 Å². The van der Waals surface area contributed by atoms with Crippen molar-refractivity contribution in [2.75, 3.05) is 24.2 Å². The number of nitrogens with one attached hydrogen (secondary N) is 2. The minimum Gasteiger partial charge on any atom is -0.494 e.